The van der Waals surface area contributed by atoms with E-state index >= 15 is 0 Å². The molecule has 5 nitrogen and oxygen atoms in total. The molecular weight excluding hydrogens is 361 g/mol. The molecule has 0 rings (SSSR count). The van der Waals surface area contributed by atoms with Crippen LogP contribution in [0, 0.1) is 0 Å². The summed E-state index contributed by atoms with van der Waals surface area (Å²) in [5.74, 6) is 0. The first-order valence-corrected chi connectivity index (χ1v) is 7.62. The van der Waals surface area contributed by atoms with E-state index in [2.05, 4.69) is 0 Å². The van der Waals surface area contributed by atoms with Gasteiger partial charge in [-0.15, -0.1) is 0 Å². The fraction of sp³-hybridized carbons (Fsp3) is 1.00. The van der Waals surface area contributed by atoms with Crippen LogP contribution in [0.15, 0.2) is 0 Å². The summed E-state index contributed by atoms with van der Waals surface area (Å²) < 4.78 is 0. The molecule has 0 fully saturated rings. The molecule has 0 saturated carbocycles. The van der Waals surface area contributed by atoms with Crippen molar-refractivity contribution >= 4 is 0 Å². The van der Waals surface area contributed by atoms with Crippen LogP contribution in [0.4, 0.5) is 0 Å². The van der Waals surface area contributed by atoms with Crippen LogP contribution in [0.1, 0.15) is 66.7 Å². The summed E-state index contributed by atoms with van der Waals surface area (Å²) in [5.41, 5.74) is 0. The average molecular weight is 402 g/mol. The zero-order valence-corrected chi connectivity index (χ0v) is 16.4. The standard InChI is InChI=1S/5C3H8O.Ru/c5*1-2-3-4;/h5*4H,2-3H2,1H3;. The van der Waals surface area contributed by atoms with Gasteiger partial charge in [0.05, 0.1) is 0 Å². The van der Waals surface area contributed by atoms with Crippen molar-refractivity contribution in [2.45, 2.75) is 66.7 Å². The van der Waals surface area contributed by atoms with Gasteiger partial charge in [0.15, 0.2) is 0 Å². The summed E-state index contributed by atoms with van der Waals surface area (Å²) in [4.78, 5) is 0. The van der Waals surface area contributed by atoms with Gasteiger partial charge in [0.1, 0.15) is 0 Å². The zero-order chi connectivity index (χ0) is 17.1. The molecule has 138 valence electrons. The first-order valence-electron chi connectivity index (χ1n) is 7.62. The van der Waals surface area contributed by atoms with Gasteiger partial charge in [-0.05, 0) is 32.1 Å². The fourth-order valence-electron chi connectivity index (χ4n) is 0. The van der Waals surface area contributed by atoms with Gasteiger partial charge in [0, 0.05) is 52.5 Å². The third-order valence-electron chi connectivity index (χ3n) is 1.12. The van der Waals surface area contributed by atoms with Crippen LogP contribution in [-0.2, 0) is 19.5 Å². The monoisotopic (exact) mass is 402 g/mol. The van der Waals surface area contributed by atoms with Crippen molar-refractivity contribution in [1.29, 1.82) is 0 Å². The molecular formula is C15H40O5Ru. The molecule has 0 saturated heterocycles. The number of aliphatic hydroxyl groups excluding tert-OH is 5. The van der Waals surface area contributed by atoms with E-state index in [0.29, 0.717) is 33.0 Å². The number of hydrogen-bond acceptors (Lipinski definition) is 5. The molecule has 0 aromatic carbocycles. The summed E-state index contributed by atoms with van der Waals surface area (Å²) >= 11 is 0. The van der Waals surface area contributed by atoms with Gasteiger partial charge in [-0.25, -0.2) is 0 Å². The predicted octanol–water partition coefficient (Wildman–Crippen LogP) is 1.94. The molecule has 0 unspecified atom stereocenters. The average Bonchev–Trinajstić information content (AvgIpc) is 2.55. The Morgan fingerprint density at radius 3 is 0.429 bits per heavy atom. The van der Waals surface area contributed by atoms with Crippen LogP contribution in [-0.4, -0.2) is 58.6 Å². The maximum absolute atomic E-state index is 7.88. The van der Waals surface area contributed by atoms with Crippen LogP contribution >= 0.6 is 0 Å². The van der Waals surface area contributed by atoms with E-state index in [1.807, 2.05) is 34.6 Å². The van der Waals surface area contributed by atoms with Crippen molar-refractivity contribution in [3.05, 3.63) is 0 Å². The molecule has 0 radical (unpaired) electrons. The number of rotatable bonds is 5. The Hall–Kier alpha value is 0.423. The molecule has 0 aliphatic rings. The molecule has 0 amide bonds. The van der Waals surface area contributed by atoms with E-state index in [4.69, 9.17) is 25.5 Å². The maximum atomic E-state index is 7.88. The Morgan fingerprint density at radius 1 is 0.381 bits per heavy atom. The van der Waals surface area contributed by atoms with Crippen LogP contribution < -0.4 is 0 Å². The first-order chi connectivity index (χ1) is 9.57. The summed E-state index contributed by atoms with van der Waals surface area (Å²) in [5, 5.41) is 39.4. The van der Waals surface area contributed by atoms with Gasteiger partial charge < -0.3 is 25.5 Å². The Bertz CT molecular complexity index is 55.2. The van der Waals surface area contributed by atoms with Crippen molar-refractivity contribution in [2.24, 2.45) is 0 Å². The summed E-state index contributed by atoms with van der Waals surface area (Å²) in [6.07, 6.45) is 4.38. The van der Waals surface area contributed by atoms with Crippen molar-refractivity contribution in [1.82, 2.24) is 0 Å². The van der Waals surface area contributed by atoms with Crippen molar-refractivity contribution < 1.29 is 45.0 Å². The molecule has 5 N–H and O–H groups in total. The Labute approximate surface area is 145 Å². The molecule has 0 aliphatic heterocycles. The second-order valence-corrected chi connectivity index (χ2v) is 3.62. The smallest absolute Gasteiger partial charge is 0.0428 e. The van der Waals surface area contributed by atoms with Crippen molar-refractivity contribution in [2.75, 3.05) is 33.0 Å². The van der Waals surface area contributed by atoms with E-state index < -0.39 is 0 Å². The molecule has 6 heteroatoms. The summed E-state index contributed by atoms with van der Waals surface area (Å²) in [6, 6.07) is 0. The predicted molar refractivity (Wildman–Crippen MR) is 86.9 cm³/mol. The molecule has 0 atom stereocenters. The molecule has 0 aliphatic carbocycles. The van der Waals surface area contributed by atoms with Gasteiger partial charge in [-0.1, -0.05) is 34.6 Å². The van der Waals surface area contributed by atoms with Gasteiger partial charge in [0.25, 0.3) is 0 Å². The Morgan fingerprint density at radius 2 is 0.429 bits per heavy atom. The van der Waals surface area contributed by atoms with E-state index in [0.717, 1.165) is 32.1 Å². The normalized spacial score (nSPS) is 7.14. The fourth-order valence-corrected chi connectivity index (χ4v) is 0. The van der Waals surface area contributed by atoms with Crippen molar-refractivity contribution in [3.63, 3.8) is 0 Å². The largest absolute Gasteiger partial charge is 0.396 e. The second kappa shape index (κ2) is 70.9. The molecule has 21 heavy (non-hydrogen) atoms. The van der Waals surface area contributed by atoms with E-state index in [9.17, 15) is 0 Å². The van der Waals surface area contributed by atoms with Gasteiger partial charge in [-0.3, -0.25) is 0 Å². The number of aliphatic hydroxyl groups is 5. The second-order valence-electron chi connectivity index (χ2n) is 3.62. The summed E-state index contributed by atoms with van der Waals surface area (Å²) in [7, 11) is 0. The minimum atomic E-state index is 0. The van der Waals surface area contributed by atoms with Crippen LogP contribution in [0.5, 0.6) is 0 Å². The van der Waals surface area contributed by atoms with Crippen LogP contribution in [0.2, 0.25) is 0 Å². The van der Waals surface area contributed by atoms with E-state index in [1.54, 1.807) is 0 Å². The Balaban J connectivity index is -0.0000000331. The molecule has 0 bridgehead atoms. The van der Waals surface area contributed by atoms with Gasteiger partial charge in [-0.2, -0.15) is 0 Å². The molecule has 0 spiro atoms. The quantitative estimate of drug-likeness (QED) is 0.453. The van der Waals surface area contributed by atoms with Gasteiger partial charge >= 0.3 is 0 Å². The topological polar surface area (TPSA) is 101 Å². The molecule has 0 aromatic rings. The Kier molecular flexibility index (Phi) is 127. The molecule has 0 heterocycles. The summed E-state index contributed by atoms with van der Waals surface area (Å²) in [6.45, 7) is 11.2. The van der Waals surface area contributed by atoms with E-state index in [1.165, 1.54) is 0 Å². The zero-order valence-electron chi connectivity index (χ0n) is 14.7. The maximum Gasteiger partial charge on any atom is 0.0428 e. The molecule has 0 aromatic heterocycles. The van der Waals surface area contributed by atoms with Crippen molar-refractivity contribution in [3.8, 4) is 0 Å². The third-order valence-corrected chi connectivity index (χ3v) is 1.12. The minimum absolute atomic E-state index is 0. The number of hydrogen-bond donors (Lipinski definition) is 5. The van der Waals surface area contributed by atoms with Crippen LogP contribution in [0.3, 0.4) is 0 Å². The van der Waals surface area contributed by atoms with Crippen LogP contribution in [0.25, 0.3) is 0 Å². The minimum Gasteiger partial charge on any atom is -0.396 e. The van der Waals surface area contributed by atoms with E-state index in [-0.39, 0.29) is 19.5 Å². The first kappa shape index (κ1) is 37.6. The third kappa shape index (κ3) is 236. The van der Waals surface area contributed by atoms with Gasteiger partial charge in [0.2, 0.25) is 0 Å². The SMILES string of the molecule is CCCO.CCCO.CCCO.CCCO.CCCO.[Ru].